The molecule has 0 saturated carbocycles. The largest absolute Gasteiger partial charge is 0.493 e. The Morgan fingerprint density at radius 3 is 2.53 bits per heavy atom. The Bertz CT molecular complexity index is 1160. The van der Waals surface area contributed by atoms with Gasteiger partial charge in [0.05, 0.1) is 12.6 Å². The molecule has 2 atom stereocenters. The van der Waals surface area contributed by atoms with Crippen LogP contribution in [0.5, 0.6) is 5.75 Å². The number of rotatable bonds is 3. The Morgan fingerprint density at radius 2 is 1.69 bits per heavy atom. The van der Waals surface area contributed by atoms with Crippen molar-refractivity contribution in [2.45, 2.75) is 24.9 Å². The van der Waals surface area contributed by atoms with Gasteiger partial charge in [-0.2, -0.15) is 0 Å². The van der Waals surface area contributed by atoms with Gasteiger partial charge in [0.1, 0.15) is 11.8 Å². The van der Waals surface area contributed by atoms with Crippen LogP contribution in [0.2, 0.25) is 0 Å². The maximum Gasteiger partial charge on any atom is 0.315 e. The third kappa shape index (κ3) is 3.80. The van der Waals surface area contributed by atoms with Gasteiger partial charge in [-0.25, -0.2) is 4.79 Å². The van der Waals surface area contributed by atoms with Crippen LogP contribution in [0.1, 0.15) is 23.6 Å². The van der Waals surface area contributed by atoms with Gasteiger partial charge in [-0.05, 0) is 34.9 Å². The van der Waals surface area contributed by atoms with Crippen LogP contribution in [0.4, 0.5) is 10.5 Å². The van der Waals surface area contributed by atoms with E-state index in [0.29, 0.717) is 19.4 Å². The quantitative estimate of drug-likeness (QED) is 0.662. The number of fused-ring (bicyclic) bond motifs is 2. The monoisotopic (exact) mass is 427 g/mol. The van der Waals surface area contributed by atoms with Gasteiger partial charge in [0, 0.05) is 31.1 Å². The van der Waals surface area contributed by atoms with E-state index in [4.69, 9.17) is 4.74 Å². The first kappa shape index (κ1) is 20.1. The molecule has 6 nitrogen and oxygen atoms in total. The number of carbonyl (C=O) groups excluding carboxylic acids is 2. The van der Waals surface area contributed by atoms with E-state index < -0.39 is 6.04 Å². The number of urea groups is 1. The lowest BCUT2D eigenvalue weighted by molar-refractivity contribution is -0.120. The van der Waals surface area contributed by atoms with Crippen LogP contribution in [-0.4, -0.2) is 31.6 Å². The van der Waals surface area contributed by atoms with Crippen molar-refractivity contribution in [2.75, 3.05) is 18.6 Å². The van der Waals surface area contributed by atoms with Gasteiger partial charge >= 0.3 is 6.03 Å². The summed E-state index contributed by atoms with van der Waals surface area (Å²) in [6.07, 6.45) is 1.15. The molecule has 3 aromatic rings. The highest BCUT2D eigenvalue weighted by molar-refractivity contribution is 6.01. The number of para-hydroxylation sites is 1. The maximum absolute atomic E-state index is 12.9. The Morgan fingerprint density at radius 1 is 0.938 bits per heavy atom. The molecule has 3 aromatic carbocycles. The number of anilines is 1. The number of nitrogens with zero attached hydrogens (tertiary/aromatic N) is 1. The average molecular weight is 428 g/mol. The molecule has 32 heavy (non-hydrogen) atoms. The van der Waals surface area contributed by atoms with Crippen LogP contribution in [0, 0.1) is 0 Å². The van der Waals surface area contributed by atoms with Crippen LogP contribution in [0.3, 0.4) is 0 Å². The van der Waals surface area contributed by atoms with E-state index in [1.54, 1.807) is 11.9 Å². The first-order chi connectivity index (χ1) is 15.6. The van der Waals surface area contributed by atoms with Gasteiger partial charge in [-0.1, -0.05) is 54.6 Å². The Kier molecular flexibility index (Phi) is 5.27. The highest BCUT2D eigenvalue weighted by atomic mass is 16.5. The van der Waals surface area contributed by atoms with Crippen molar-refractivity contribution >= 4 is 17.6 Å². The lowest BCUT2D eigenvalue weighted by Crippen LogP contribution is -2.54. The smallest absolute Gasteiger partial charge is 0.315 e. The highest BCUT2D eigenvalue weighted by Crippen LogP contribution is 2.35. The van der Waals surface area contributed by atoms with Crippen molar-refractivity contribution in [2.24, 2.45) is 0 Å². The number of nitrogens with one attached hydrogen (secondary N) is 2. The van der Waals surface area contributed by atoms with Crippen LogP contribution in [0.15, 0.2) is 72.8 Å². The summed E-state index contributed by atoms with van der Waals surface area (Å²) in [6, 6.07) is 22.8. The summed E-state index contributed by atoms with van der Waals surface area (Å²) in [4.78, 5) is 27.3. The fourth-order valence-electron chi connectivity index (χ4n) is 4.50. The highest BCUT2D eigenvalue weighted by Gasteiger charge is 2.32. The molecule has 2 unspecified atom stereocenters. The second kappa shape index (κ2) is 8.38. The minimum absolute atomic E-state index is 0.113. The van der Waals surface area contributed by atoms with Crippen LogP contribution in [0.25, 0.3) is 11.1 Å². The van der Waals surface area contributed by atoms with Crippen molar-refractivity contribution in [3.8, 4) is 16.9 Å². The van der Waals surface area contributed by atoms with E-state index in [-0.39, 0.29) is 18.0 Å². The third-order valence-electron chi connectivity index (χ3n) is 6.17. The number of hydrogen-bond acceptors (Lipinski definition) is 3. The molecule has 162 valence electrons. The summed E-state index contributed by atoms with van der Waals surface area (Å²) < 4.78 is 5.81. The molecule has 0 bridgehead atoms. The lowest BCUT2D eigenvalue weighted by Gasteiger charge is -2.33. The summed E-state index contributed by atoms with van der Waals surface area (Å²) in [5, 5.41) is 5.94. The zero-order chi connectivity index (χ0) is 22.1. The molecule has 0 aromatic heterocycles. The second-order valence-corrected chi connectivity index (χ2v) is 8.21. The lowest BCUT2D eigenvalue weighted by atomic mass is 9.95. The summed E-state index contributed by atoms with van der Waals surface area (Å²) in [7, 11) is 1.74. The number of hydrogen-bond donors (Lipinski definition) is 2. The van der Waals surface area contributed by atoms with Gasteiger partial charge in [0.2, 0.25) is 5.91 Å². The molecule has 0 fully saturated rings. The molecule has 0 radical (unpaired) electrons. The predicted molar refractivity (Wildman–Crippen MR) is 124 cm³/mol. The fraction of sp³-hybridized carbons (Fsp3) is 0.231. The van der Waals surface area contributed by atoms with Crippen molar-refractivity contribution in [3.63, 3.8) is 0 Å². The van der Waals surface area contributed by atoms with Gasteiger partial charge < -0.3 is 20.3 Å². The van der Waals surface area contributed by atoms with E-state index in [2.05, 4.69) is 28.8 Å². The topological polar surface area (TPSA) is 70.7 Å². The summed E-state index contributed by atoms with van der Waals surface area (Å²) >= 11 is 0. The van der Waals surface area contributed by atoms with Gasteiger partial charge in [0.15, 0.2) is 0 Å². The van der Waals surface area contributed by atoms with E-state index >= 15 is 0 Å². The van der Waals surface area contributed by atoms with Crippen molar-refractivity contribution in [1.82, 2.24) is 10.6 Å². The molecule has 3 amide bonds. The van der Waals surface area contributed by atoms with Crippen molar-refractivity contribution < 1.29 is 14.3 Å². The molecule has 2 N–H and O–H groups in total. The Hall–Kier alpha value is -3.80. The average Bonchev–Trinajstić information content (AvgIpc) is 2.83. The Labute approximate surface area is 187 Å². The Balaban J connectivity index is 1.32. The molecular formula is C26H25N3O3. The van der Waals surface area contributed by atoms with E-state index in [1.165, 1.54) is 0 Å². The third-order valence-corrected chi connectivity index (χ3v) is 6.17. The number of carbonyl (C=O) groups is 2. The maximum atomic E-state index is 12.9. The molecule has 0 saturated heterocycles. The SMILES string of the molecule is CN1C(=O)C(NC(=O)NC2CCOc3ccc(-c4ccccc4)cc32)Cc2ccccc21. The molecule has 5 rings (SSSR count). The van der Waals surface area contributed by atoms with E-state index in [9.17, 15) is 9.59 Å². The standard InChI is InChI=1S/C26H25N3O3/c1-29-23-10-6-5-9-19(23)16-22(25(29)30)28-26(31)27-21-13-14-32-24-12-11-18(15-20(21)24)17-7-3-2-4-8-17/h2-12,15,21-22H,13-14,16H2,1H3,(H2,27,28,31). The molecule has 2 aliphatic heterocycles. The van der Waals surface area contributed by atoms with Gasteiger partial charge in [0.25, 0.3) is 0 Å². The normalized spacial score (nSPS) is 19.4. The molecule has 0 aliphatic carbocycles. The fourth-order valence-corrected chi connectivity index (χ4v) is 4.50. The first-order valence-electron chi connectivity index (χ1n) is 10.8. The summed E-state index contributed by atoms with van der Waals surface area (Å²) in [5.74, 6) is 0.668. The number of amides is 3. The van der Waals surface area contributed by atoms with Crippen LogP contribution in [-0.2, 0) is 11.2 Å². The molecular weight excluding hydrogens is 402 g/mol. The minimum atomic E-state index is -0.593. The molecule has 0 spiro atoms. The summed E-state index contributed by atoms with van der Waals surface area (Å²) in [6.45, 7) is 0.529. The van der Waals surface area contributed by atoms with E-state index in [1.807, 2.05) is 54.6 Å². The van der Waals surface area contributed by atoms with Gasteiger partial charge in [-0.3, -0.25) is 4.79 Å². The predicted octanol–water partition coefficient (Wildman–Crippen LogP) is 4.06. The zero-order valence-corrected chi connectivity index (χ0v) is 17.9. The molecule has 2 heterocycles. The van der Waals surface area contributed by atoms with Crippen molar-refractivity contribution in [3.05, 3.63) is 83.9 Å². The molecule has 6 heteroatoms. The number of ether oxygens (including phenoxy) is 1. The number of benzene rings is 3. The zero-order valence-electron chi connectivity index (χ0n) is 17.9. The number of likely N-dealkylation sites (N-methyl/N-ethyl adjacent to an activating group) is 1. The van der Waals surface area contributed by atoms with Crippen LogP contribution >= 0.6 is 0 Å². The minimum Gasteiger partial charge on any atom is -0.493 e. The van der Waals surface area contributed by atoms with Crippen LogP contribution < -0.4 is 20.3 Å². The van der Waals surface area contributed by atoms with Gasteiger partial charge in [-0.15, -0.1) is 0 Å². The molecule has 2 aliphatic rings. The second-order valence-electron chi connectivity index (χ2n) is 8.21. The first-order valence-corrected chi connectivity index (χ1v) is 10.8. The van der Waals surface area contributed by atoms with E-state index in [0.717, 1.165) is 33.7 Å². The van der Waals surface area contributed by atoms with Crippen molar-refractivity contribution in [1.29, 1.82) is 0 Å². The summed E-state index contributed by atoms with van der Waals surface area (Å²) in [5.41, 5.74) is 5.07.